The van der Waals surface area contributed by atoms with Crippen molar-refractivity contribution >= 4 is 11.6 Å². The molecule has 3 rings (SSSR count). The summed E-state index contributed by atoms with van der Waals surface area (Å²) in [5, 5.41) is 0. The summed E-state index contributed by atoms with van der Waals surface area (Å²) in [7, 11) is 0. The molecule has 2 aliphatic heterocycles. The van der Waals surface area contributed by atoms with Gasteiger partial charge < -0.3 is 18.9 Å². The molecule has 0 bridgehead atoms. The maximum Gasteiger partial charge on any atom is 0.192 e. The highest BCUT2D eigenvalue weighted by molar-refractivity contribution is 6.18. The third-order valence-electron chi connectivity index (χ3n) is 3.38. The number of benzene rings is 1. The fraction of sp³-hybridized carbons (Fsp3) is 0.571. The predicted molar refractivity (Wildman–Crippen MR) is 70.9 cm³/mol. The van der Waals surface area contributed by atoms with E-state index >= 15 is 0 Å². The van der Waals surface area contributed by atoms with E-state index < -0.39 is 5.79 Å². The van der Waals surface area contributed by atoms with E-state index in [0.717, 1.165) is 23.5 Å². The Morgan fingerprint density at radius 1 is 1.26 bits per heavy atom. The number of hydrogen-bond acceptors (Lipinski definition) is 4. The topological polar surface area (TPSA) is 36.9 Å². The molecule has 104 valence electrons. The van der Waals surface area contributed by atoms with E-state index in [2.05, 4.69) is 0 Å². The molecule has 19 heavy (non-hydrogen) atoms. The third-order valence-corrected chi connectivity index (χ3v) is 3.72. The molecule has 0 amide bonds. The predicted octanol–water partition coefficient (Wildman–Crippen LogP) is 2.67. The minimum atomic E-state index is -0.760. The van der Waals surface area contributed by atoms with E-state index in [1.807, 2.05) is 25.1 Å². The lowest BCUT2D eigenvalue weighted by Gasteiger charge is -2.24. The van der Waals surface area contributed by atoms with Gasteiger partial charge >= 0.3 is 0 Å². The zero-order chi connectivity index (χ0) is 13.3. The Balaban J connectivity index is 1.87. The molecule has 0 radical (unpaired) electrons. The molecule has 2 heterocycles. The second-order valence-electron chi connectivity index (χ2n) is 4.86. The molecule has 2 unspecified atom stereocenters. The van der Waals surface area contributed by atoms with Crippen LogP contribution >= 0.6 is 11.6 Å². The summed E-state index contributed by atoms with van der Waals surface area (Å²) in [5.74, 6) is 1.19. The molecular weight excluding hydrogens is 268 g/mol. The third kappa shape index (κ3) is 2.53. The van der Waals surface area contributed by atoms with E-state index in [1.54, 1.807) is 0 Å². The van der Waals surface area contributed by atoms with Crippen LogP contribution in [0.25, 0.3) is 0 Å². The van der Waals surface area contributed by atoms with Crippen LogP contribution < -0.4 is 9.47 Å². The molecule has 0 saturated carbocycles. The molecule has 2 aliphatic rings. The molecule has 4 nitrogen and oxygen atoms in total. The average Bonchev–Trinajstić information content (AvgIpc) is 2.68. The van der Waals surface area contributed by atoms with Crippen molar-refractivity contribution in [1.82, 2.24) is 0 Å². The molecule has 0 aromatic heterocycles. The van der Waals surface area contributed by atoms with E-state index in [9.17, 15) is 0 Å². The Morgan fingerprint density at radius 3 is 2.79 bits per heavy atom. The smallest absolute Gasteiger partial charge is 0.192 e. The minimum Gasteiger partial charge on any atom is -0.490 e. The largest absolute Gasteiger partial charge is 0.490 e. The van der Waals surface area contributed by atoms with Crippen LogP contribution in [0.1, 0.15) is 18.9 Å². The van der Waals surface area contributed by atoms with Crippen LogP contribution in [-0.4, -0.2) is 31.8 Å². The van der Waals surface area contributed by atoms with Crippen LogP contribution in [0.5, 0.6) is 11.5 Å². The van der Waals surface area contributed by atoms with Crippen molar-refractivity contribution in [2.45, 2.75) is 25.2 Å². The fourth-order valence-electron chi connectivity index (χ4n) is 2.31. The van der Waals surface area contributed by atoms with Gasteiger partial charge in [0.1, 0.15) is 0 Å². The maximum absolute atomic E-state index is 5.86. The molecule has 2 atom stereocenters. The lowest BCUT2D eigenvalue weighted by Crippen LogP contribution is -2.24. The Bertz CT molecular complexity index is 465. The first-order valence-corrected chi connectivity index (χ1v) is 7.02. The summed E-state index contributed by atoms with van der Waals surface area (Å²) >= 11 is 5.81. The molecule has 5 heteroatoms. The van der Waals surface area contributed by atoms with Gasteiger partial charge in [0.25, 0.3) is 0 Å². The lowest BCUT2D eigenvalue weighted by molar-refractivity contribution is -0.159. The van der Waals surface area contributed by atoms with Gasteiger partial charge in [0.15, 0.2) is 17.3 Å². The Labute approximate surface area is 117 Å². The Kier molecular flexibility index (Phi) is 3.56. The molecular formula is C14H17ClO4. The van der Waals surface area contributed by atoms with Gasteiger partial charge in [-0.2, -0.15) is 0 Å². The first kappa shape index (κ1) is 13.0. The second kappa shape index (κ2) is 5.19. The van der Waals surface area contributed by atoms with Crippen molar-refractivity contribution in [1.29, 1.82) is 0 Å². The van der Waals surface area contributed by atoms with Crippen LogP contribution in [0.4, 0.5) is 0 Å². The SMILES string of the molecule is CC1(c2ccc3c(c2)OCCCO3)OCC(CCl)O1. The Morgan fingerprint density at radius 2 is 2.05 bits per heavy atom. The van der Waals surface area contributed by atoms with Crippen molar-refractivity contribution < 1.29 is 18.9 Å². The summed E-state index contributed by atoms with van der Waals surface area (Å²) in [6.07, 6.45) is 0.824. The summed E-state index contributed by atoms with van der Waals surface area (Å²) in [6, 6.07) is 5.78. The second-order valence-corrected chi connectivity index (χ2v) is 5.17. The first-order chi connectivity index (χ1) is 9.21. The number of alkyl halides is 1. The van der Waals surface area contributed by atoms with Crippen molar-refractivity contribution in [3.8, 4) is 11.5 Å². The number of rotatable bonds is 2. The molecule has 0 aliphatic carbocycles. The number of fused-ring (bicyclic) bond motifs is 1. The molecule has 1 aromatic rings. The normalized spacial score (nSPS) is 30.1. The molecule has 1 aromatic carbocycles. The van der Waals surface area contributed by atoms with Crippen molar-refractivity contribution in [2.75, 3.05) is 25.7 Å². The zero-order valence-electron chi connectivity index (χ0n) is 10.9. The average molecular weight is 285 g/mol. The molecule has 1 saturated heterocycles. The summed E-state index contributed by atoms with van der Waals surface area (Å²) in [4.78, 5) is 0. The highest BCUT2D eigenvalue weighted by Crippen LogP contribution is 2.39. The summed E-state index contributed by atoms with van der Waals surface area (Å²) in [5.41, 5.74) is 0.921. The fourth-order valence-corrected chi connectivity index (χ4v) is 2.46. The van der Waals surface area contributed by atoms with E-state index in [4.69, 9.17) is 30.5 Å². The van der Waals surface area contributed by atoms with Gasteiger partial charge in [-0.25, -0.2) is 0 Å². The van der Waals surface area contributed by atoms with Gasteiger partial charge in [-0.05, 0) is 25.1 Å². The number of ether oxygens (including phenoxy) is 4. The zero-order valence-corrected chi connectivity index (χ0v) is 11.6. The number of halogens is 1. The summed E-state index contributed by atoms with van der Waals surface area (Å²) < 4.78 is 22.9. The highest BCUT2D eigenvalue weighted by Gasteiger charge is 2.39. The highest BCUT2D eigenvalue weighted by atomic mass is 35.5. The van der Waals surface area contributed by atoms with Gasteiger partial charge in [-0.15, -0.1) is 11.6 Å². The van der Waals surface area contributed by atoms with Gasteiger partial charge in [0, 0.05) is 12.0 Å². The quantitative estimate of drug-likeness (QED) is 0.783. The van der Waals surface area contributed by atoms with Gasteiger partial charge in [-0.1, -0.05) is 0 Å². The molecule has 1 fully saturated rings. The summed E-state index contributed by atoms with van der Waals surface area (Å²) in [6.45, 7) is 3.76. The van der Waals surface area contributed by atoms with Gasteiger partial charge in [0.2, 0.25) is 0 Å². The molecule has 0 N–H and O–H groups in total. The van der Waals surface area contributed by atoms with Crippen molar-refractivity contribution in [3.05, 3.63) is 23.8 Å². The van der Waals surface area contributed by atoms with Crippen LogP contribution in [0.2, 0.25) is 0 Å². The monoisotopic (exact) mass is 284 g/mol. The van der Waals surface area contributed by atoms with Gasteiger partial charge in [0.05, 0.1) is 31.8 Å². The Hall–Kier alpha value is -0.970. The van der Waals surface area contributed by atoms with E-state index in [-0.39, 0.29) is 6.10 Å². The van der Waals surface area contributed by atoms with E-state index in [0.29, 0.717) is 25.7 Å². The van der Waals surface area contributed by atoms with Crippen LogP contribution in [0.15, 0.2) is 18.2 Å². The molecule has 0 spiro atoms. The standard InChI is InChI=1S/C14H17ClO4/c1-14(18-9-11(8-15)19-14)10-3-4-12-13(7-10)17-6-2-5-16-12/h3-4,7,11H,2,5-6,8-9H2,1H3. The van der Waals surface area contributed by atoms with Crippen LogP contribution in [-0.2, 0) is 15.3 Å². The van der Waals surface area contributed by atoms with Crippen LogP contribution in [0.3, 0.4) is 0 Å². The van der Waals surface area contributed by atoms with Crippen molar-refractivity contribution in [2.24, 2.45) is 0 Å². The maximum atomic E-state index is 5.86. The van der Waals surface area contributed by atoms with Gasteiger partial charge in [-0.3, -0.25) is 0 Å². The van der Waals surface area contributed by atoms with Crippen molar-refractivity contribution in [3.63, 3.8) is 0 Å². The minimum absolute atomic E-state index is 0.0670. The first-order valence-electron chi connectivity index (χ1n) is 6.49. The van der Waals surface area contributed by atoms with E-state index in [1.165, 1.54) is 0 Å². The van der Waals surface area contributed by atoms with Crippen LogP contribution in [0, 0.1) is 0 Å². The number of hydrogen-bond donors (Lipinski definition) is 0. The lowest BCUT2D eigenvalue weighted by atomic mass is 10.1.